The quantitative estimate of drug-likeness (QED) is 0.610. The van der Waals surface area contributed by atoms with Crippen LogP contribution in [0.2, 0.25) is 0 Å². The number of hydroxylamine groups is 2. The molecule has 76 valence electrons. The molecule has 0 bridgehead atoms. The average molecular weight is 189 g/mol. The maximum absolute atomic E-state index is 11.0. The van der Waals surface area contributed by atoms with E-state index in [1.54, 1.807) is 20.8 Å². The number of nitrogens with zero attached hydrogens (tertiary/aromatic N) is 1. The highest BCUT2D eigenvalue weighted by atomic mass is 16.8. The van der Waals surface area contributed by atoms with Gasteiger partial charge in [-0.2, -0.15) is 0 Å². The molecule has 13 heavy (non-hydrogen) atoms. The third kappa shape index (κ3) is 3.61. The molecule has 0 aliphatic carbocycles. The predicted octanol–water partition coefficient (Wildman–Crippen LogP) is 0.530. The minimum Gasteiger partial charge on any atom is -0.427 e. The van der Waals surface area contributed by atoms with Crippen LogP contribution in [0.4, 0.5) is 4.79 Å². The van der Waals surface area contributed by atoms with Gasteiger partial charge in [-0.05, 0) is 20.8 Å². The first-order valence-corrected chi connectivity index (χ1v) is 4.21. The topological polar surface area (TPSA) is 59.0 Å². The summed E-state index contributed by atoms with van der Waals surface area (Å²) in [4.78, 5) is 15.7. The Kier molecular flexibility index (Phi) is 2.77. The van der Waals surface area contributed by atoms with E-state index in [1.165, 1.54) is 5.06 Å². The van der Waals surface area contributed by atoms with E-state index < -0.39 is 11.8 Å². The molecule has 1 heterocycles. The van der Waals surface area contributed by atoms with Crippen LogP contribution in [0, 0.1) is 0 Å². The third-order valence-corrected chi connectivity index (χ3v) is 1.42. The molecule has 1 aliphatic heterocycles. The number of hydrogen-bond acceptors (Lipinski definition) is 5. The fourth-order valence-electron chi connectivity index (χ4n) is 0.865. The SMILES string of the molecule is CC(C)(C)OC(=O)ON1CC(O)C1. The maximum Gasteiger partial charge on any atom is 0.528 e. The first-order valence-electron chi connectivity index (χ1n) is 4.21. The number of aliphatic hydroxyl groups is 1. The van der Waals surface area contributed by atoms with Crippen LogP contribution in [-0.2, 0) is 9.57 Å². The van der Waals surface area contributed by atoms with Crippen molar-refractivity contribution < 1.29 is 19.5 Å². The summed E-state index contributed by atoms with van der Waals surface area (Å²) in [6.07, 6.45) is -1.11. The van der Waals surface area contributed by atoms with Crippen LogP contribution in [0.1, 0.15) is 20.8 Å². The fourth-order valence-corrected chi connectivity index (χ4v) is 0.865. The Bertz CT molecular complexity index is 193. The summed E-state index contributed by atoms with van der Waals surface area (Å²) in [6, 6.07) is 0. The van der Waals surface area contributed by atoms with Crippen molar-refractivity contribution in [1.82, 2.24) is 5.06 Å². The van der Waals surface area contributed by atoms with Gasteiger partial charge in [-0.15, -0.1) is 5.06 Å². The number of β-amino-alcohol motifs (C(OH)–C–C–N with tert-alkyl or cyclic N) is 1. The van der Waals surface area contributed by atoms with Crippen molar-refractivity contribution in [2.75, 3.05) is 13.1 Å². The number of carbonyl (C=O) groups excluding carboxylic acids is 1. The second-order valence-electron chi connectivity index (χ2n) is 4.06. The molecule has 0 aromatic carbocycles. The van der Waals surface area contributed by atoms with Gasteiger partial charge in [0.1, 0.15) is 5.60 Å². The smallest absolute Gasteiger partial charge is 0.427 e. The van der Waals surface area contributed by atoms with E-state index in [4.69, 9.17) is 14.7 Å². The summed E-state index contributed by atoms with van der Waals surface area (Å²) < 4.78 is 4.89. The summed E-state index contributed by atoms with van der Waals surface area (Å²) in [5, 5.41) is 10.2. The molecular weight excluding hydrogens is 174 g/mol. The van der Waals surface area contributed by atoms with Crippen LogP contribution in [0.3, 0.4) is 0 Å². The van der Waals surface area contributed by atoms with Crippen LogP contribution in [-0.4, -0.2) is 41.1 Å². The summed E-state index contributed by atoms with van der Waals surface area (Å²) in [6.45, 7) is 6.01. The van der Waals surface area contributed by atoms with Crippen LogP contribution in [0.25, 0.3) is 0 Å². The molecule has 1 rings (SSSR count). The van der Waals surface area contributed by atoms with Crippen molar-refractivity contribution in [2.24, 2.45) is 0 Å². The minimum atomic E-state index is -0.723. The van der Waals surface area contributed by atoms with Crippen molar-refractivity contribution >= 4 is 6.16 Å². The molecule has 0 aromatic rings. The molecule has 0 saturated carbocycles. The summed E-state index contributed by atoms with van der Waals surface area (Å²) in [5.74, 6) is 0. The lowest BCUT2D eigenvalue weighted by Gasteiger charge is -2.33. The second kappa shape index (κ2) is 3.51. The molecule has 0 atom stereocenters. The van der Waals surface area contributed by atoms with E-state index in [1.807, 2.05) is 0 Å². The normalized spacial score (nSPS) is 19.4. The standard InChI is InChI=1S/C8H15NO4/c1-8(2,3)12-7(11)13-9-4-6(10)5-9/h6,10H,4-5H2,1-3H3. The molecule has 1 saturated heterocycles. The minimum absolute atomic E-state index is 0.360. The molecule has 1 N–H and O–H groups in total. The molecule has 0 spiro atoms. The Balaban J connectivity index is 2.19. The fraction of sp³-hybridized carbons (Fsp3) is 0.875. The molecule has 0 amide bonds. The van der Waals surface area contributed by atoms with E-state index in [-0.39, 0.29) is 6.10 Å². The second-order valence-corrected chi connectivity index (χ2v) is 4.06. The summed E-state index contributed by atoms with van der Waals surface area (Å²) in [5.41, 5.74) is -0.541. The predicted molar refractivity (Wildman–Crippen MR) is 44.9 cm³/mol. The van der Waals surface area contributed by atoms with Crippen molar-refractivity contribution in [3.63, 3.8) is 0 Å². The van der Waals surface area contributed by atoms with Crippen LogP contribution in [0.5, 0.6) is 0 Å². The molecule has 1 fully saturated rings. The largest absolute Gasteiger partial charge is 0.528 e. The van der Waals surface area contributed by atoms with Gasteiger partial charge in [-0.1, -0.05) is 0 Å². The van der Waals surface area contributed by atoms with Gasteiger partial charge in [0, 0.05) is 0 Å². The van der Waals surface area contributed by atoms with E-state index >= 15 is 0 Å². The van der Waals surface area contributed by atoms with Gasteiger partial charge < -0.3 is 14.7 Å². The first kappa shape index (κ1) is 10.3. The number of hydrogen-bond donors (Lipinski definition) is 1. The zero-order chi connectivity index (χ0) is 10.1. The van der Waals surface area contributed by atoms with Crippen LogP contribution < -0.4 is 0 Å². The Morgan fingerprint density at radius 1 is 1.46 bits per heavy atom. The van der Waals surface area contributed by atoms with Gasteiger partial charge in [-0.25, -0.2) is 4.79 Å². The van der Waals surface area contributed by atoms with Gasteiger partial charge in [0.15, 0.2) is 0 Å². The molecule has 0 radical (unpaired) electrons. The van der Waals surface area contributed by atoms with Gasteiger partial charge in [0.25, 0.3) is 0 Å². The van der Waals surface area contributed by atoms with Gasteiger partial charge in [0.2, 0.25) is 0 Å². The van der Waals surface area contributed by atoms with Crippen molar-refractivity contribution in [1.29, 1.82) is 0 Å². The molecule has 0 aromatic heterocycles. The number of carbonyl (C=O) groups is 1. The van der Waals surface area contributed by atoms with Crippen LogP contribution in [0.15, 0.2) is 0 Å². The Morgan fingerprint density at radius 2 is 2.00 bits per heavy atom. The highest BCUT2D eigenvalue weighted by molar-refractivity contribution is 5.60. The monoisotopic (exact) mass is 189 g/mol. The number of rotatable bonds is 1. The van der Waals surface area contributed by atoms with Gasteiger partial charge in [-0.3, -0.25) is 0 Å². The summed E-state index contributed by atoms with van der Waals surface area (Å²) >= 11 is 0. The summed E-state index contributed by atoms with van der Waals surface area (Å²) in [7, 11) is 0. The maximum atomic E-state index is 11.0. The highest BCUT2D eigenvalue weighted by Gasteiger charge is 2.29. The van der Waals surface area contributed by atoms with Crippen LogP contribution >= 0.6 is 0 Å². The number of ether oxygens (including phenoxy) is 1. The first-order chi connectivity index (χ1) is 5.87. The Morgan fingerprint density at radius 3 is 2.38 bits per heavy atom. The lowest BCUT2D eigenvalue weighted by Crippen LogP contribution is -2.51. The Hall–Kier alpha value is -0.810. The van der Waals surface area contributed by atoms with Crippen molar-refractivity contribution in [2.45, 2.75) is 32.5 Å². The molecule has 5 nitrogen and oxygen atoms in total. The van der Waals surface area contributed by atoms with Crippen molar-refractivity contribution in [3.05, 3.63) is 0 Å². The van der Waals surface area contributed by atoms with Crippen molar-refractivity contribution in [3.8, 4) is 0 Å². The molecule has 1 aliphatic rings. The third-order valence-electron chi connectivity index (χ3n) is 1.42. The van der Waals surface area contributed by atoms with Gasteiger partial charge >= 0.3 is 6.16 Å². The number of aliphatic hydroxyl groups excluding tert-OH is 1. The van der Waals surface area contributed by atoms with E-state index in [0.717, 1.165) is 0 Å². The van der Waals surface area contributed by atoms with E-state index in [2.05, 4.69) is 0 Å². The van der Waals surface area contributed by atoms with E-state index in [9.17, 15) is 4.79 Å². The molecule has 0 unspecified atom stereocenters. The lowest BCUT2D eigenvalue weighted by molar-refractivity contribution is -0.211. The highest BCUT2D eigenvalue weighted by Crippen LogP contribution is 2.12. The Labute approximate surface area is 77.2 Å². The molecular formula is C8H15NO4. The zero-order valence-corrected chi connectivity index (χ0v) is 8.11. The molecule has 5 heteroatoms. The van der Waals surface area contributed by atoms with Gasteiger partial charge in [0.05, 0.1) is 19.2 Å². The zero-order valence-electron chi connectivity index (χ0n) is 8.11. The lowest BCUT2D eigenvalue weighted by atomic mass is 10.2. The van der Waals surface area contributed by atoms with E-state index in [0.29, 0.717) is 13.1 Å². The average Bonchev–Trinajstić information content (AvgIpc) is 1.79.